The first-order chi connectivity index (χ1) is 14.7. The molecule has 0 unspecified atom stereocenters. The van der Waals surface area contributed by atoms with Crippen molar-refractivity contribution in [3.05, 3.63) is 93.2 Å². The molecule has 31 heavy (non-hydrogen) atoms. The van der Waals surface area contributed by atoms with Crippen molar-refractivity contribution in [3.63, 3.8) is 0 Å². The Morgan fingerprint density at radius 1 is 0.903 bits per heavy atom. The number of halogens is 3. The minimum Gasteiger partial charge on any atom is -0.377 e. The Morgan fingerprint density at radius 3 is 2.16 bits per heavy atom. The molecule has 0 atom stereocenters. The fourth-order valence-electron chi connectivity index (χ4n) is 2.95. The molecule has 0 fully saturated rings. The summed E-state index contributed by atoms with van der Waals surface area (Å²) >= 11 is 11.9. The van der Waals surface area contributed by atoms with E-state index in [1.54, 1.807) is 35.2 Å². The summed E-state index contributed by atoms with van der Waals surface area (Å²) in [4.78, 5) is 27.2. The molecule has 0 aromatic heterocycles. The van der Waals surface area contributed by atoms with Gasteiger partial charge in [0.2, 0.25) is 0 Å². The molecule has 0 aliphatic rings. The summed E-state index contributed by atoms with van der Waals surface area (Å²) in [6.07, 6.45) is 0. The normalized spacial score (nSPS) is 10.5. The third kappa shape index (κ3) is 5.96. The van der Waals surface area contributed by atoms with E-state index in [0.717, 1.165) is 5.56 Å². The molecular weight excluding hydrogens is 440 g/mol. The molecule has 3 aromatic carbocycles. The first-order valence-electron chi connectivity index (χ1n) is 9.34. The summed E-state index contributed by atoms with van der Waals surface area (Å²) in [7, 11) is 3.64. The lowest BCUT2D eigenvalue weighted by atomic mass is 10.1. The zero-order valence-electron chi connectivity index (χ0n) is 16.9. The Kier molecular flexibility index (Phi) is 7.15. The largest absolute Gasteiger partial charge is 0.377 e. The van der Waals surface area contributed by atoms with Gasteiger partial charge in [-0.1, -0.05) is 35.3 Å². The third-order valence-electron chi connectivity index (χ3n) is 4.47. The van der Waals surface area contributed by atoms with Gasteiger partial charge in [0.25, 0.3) is 11.8 Å². The van der Waals surface area contributed by atoms with Crippen molar-refractivity contribution in [2.45, 2.75) is 6.54 Å². The topological polar surface area (TPSA) is 61.4 Å². The average molecular weight is 460 g/mol. The van der Waals surface area contributed by atoms with Gasteiger partial charge in [-0.2, -0.15) is 0 Å². The van der Waals surface area contributed by atoms with E-state index in [-0.39, 0.29) is 18.3 Å². The van der Waals surface area contributed by atoms with Gasteiger partial charge in [0.15, 0.2) is 0 Å². The molecule has 8 heteroatoms. The highest BCUT2D eigenvalue weighted by Gasteiger charge is 2.16. The summed E-state index contributed by atoms with van der Waals surface area (Å²) in [6, 6.07) is 15.5. The van der Waals surface area contributed by atoms with Crippen molar-refractivity contribution >= 4 is 46.4 Å². The minimum absolute atomic E-state index is 0.240. The second-order valence-corrected chi connectivity index (χ2v) is 7.92. The van der Waals surface area contributed by atoms with Gasteiger partial charge < -0.3 is 15.5 Å². The van der Waals surface area contributed by atoms with Crippen LogP contribution in [-0.4, -0.2) is 25.9 Å². The number of anilines is 2. The van der Waals surface area contributed by atoms with Gasteiger partial charge in [-0.15, -0.1) is 0 Å². The third-order valence-corrected chi connectivity index (χ3v) is 4.91. The Balaban J connectivity index is 1.80. The maximum absolute atomic E-state index is 13.1. The Labute approximate surface area is 189 Å². The van der Waals surface area contributed by atoms with Gasteiger partial charge in [-0.25, -0.2) is 4.39 Å². The monoisotopic (exact) mass is 459 g/mol. The van der Waals surface area contributed by atoms with Gasteiger partial charge in [0, 0.05) is 47.6 Å². The molecule has 3 rings (SSSR count). The summed E-state index contributed by atoms with van der Waals surface area (Å²) < 4.78 is 13.1. The molecule has 2 amide bonds. The van der Waals surface area contributed by atoms with E-state index in [1.807, 2.05) is 14.1 Å². The highest BCUT2D eigenvalue weighted by molar-refractivity contribution is 6.35. The van der Waals surface area contributed by atoms with Crippen LogP contribution in [0.25, 0.3) is 0 Å². The van der Waals surface area contributed by atoms with Crippen LogP contribution in [0.2, 0.25) is 10.0 Å². The van der Waals surface area contributed by atoms with Crippen LogP contribution in [0.4, 0.5) is 15.8 Å². The Hall–Kier alpha value is -3.09. The Morgan fingerprint density at radius 2 is 1.55 bits per heavy atom. The number of hydrogen-bond donors (Lipinski definition) is 2. The first kappa shape index (κ1) is 22.6. The van der Waals surface area contributed by atoms with Crippen LogP contribution in [-0.2, 0) is 6.54 Å². The first-order valence-corrected chi connectivity index (χ1v) is 10.1. The van der Waals surface area contributed by atoms with E-state index >= 15 is 0 Å². The predicted molar refractivity (Wildman–Crippen MR) is 123 cm³/mol. The summed E-state index contributed by atoms with van der Waals surface area (Å²) in [5, 5.41) is 6.28. The maximum Gasteiger partial charge on any atom is 0.255 e. The van der Waals surface area contributed by atoms with Crippen molar-refractivity contribution in [3.8, 4) is 0 Å². The molecular formula is C23H20Cl2FN3O2. The van der Waals surface area contributed by atoms with Crippen molar-refractivity contribution in [1.82, 2.24) is 5.32 Å². The highest BCUT2D eigenvalue weighted by atomic mass is 35.5. The van der Waals surface area contributed by atoms with Crippen molar-refractivity contribution < 1.29 is 14.0 Å². The fourth-order valence-corrected chi connectivity index (χ4v) is 3.48. The summed E-state index contributed by atoms with van der Waals surface area (Å²) in [5.74, 6) is -1.07. The van der Waals surface area contributed by atoms with Gasteiger partial charge in [0.05, 0.1) is 5.56 Å². The molecule has 0 radical (unpaired) electrons. The molecule has 5 nitrogen and oxygen atoms in total. The van der Waals surface area contributed by atoms with Crippen LogP contribution in [0.15, 0.2) is 60.7 Å². The quantitative estimate of drug-likeness (QED) is 0.519. The van der Waals surface area contributed by atoms with Crippen LogP contribution in [0, 0.1) is 5.82 Å². The number of benzene rings is 3. The number of carbonyl (C=O) groups excluding carboxylic acids is 2. The highest BCUT2D eigenvalue weighted by Crippen LogP contribution is 2.25. The summed E-state index contributed by atoms with van der Waals surface area (Å²) in [6.45, 7) is 0.240. The number of carbonyl (C=O) groups is 2. The van der Waals surface area contributed by atoms with Gasteiger partial charge in [-0.05, 0) is 54.1 Å². The van der Waals surface area contributed by atoms with E-state index in [9.17, 15) is 14.0 Å². The van der Waals surface area contributed by atoms with Crippen LogP contribution < -0.4 is 15.5 Å². The second-order valence-electron chi connectivity index (χ2n) is 7.05. The van der Waals surface area contributed by atoms with Crippen LogP contribution >= 0.6 is 23.2 Å². The molecule has 0 spiro atoms. The fraction of sp³-hybridized carbons (Fsp3) is 0.130. The number of nitrogens with zero attached hydrogens (tertiary/aromatic N) is 1. The van der Waals surface area contributed by atoms with Crippen molar-refractivity contribution in [2.24, 2.45) is 0 Å². The zero-order chi connectivity index (χ0) is 22.5. The van der Waals surface area contributed by atoms with Crippen LogP contribution in [0.1, 0.15) is 26.3 Å². The number of rotatable bonds is 6. The number of hydrogen-bond acceptors (Lipinski definition) is 3. The van der Waals surface area contributed by atoms with Gasteiger partial charge in [-0.3, -0.25) is 9.59 Å². The average Bonchev–Trinajstić information content (AvgIpc) is 2.72. The van der Waals surface area contributed by atoms with Gasteiger partial charge >= 0.3 is 0 Å². The van der Waals surface area contributed by atoms with Crippen LogP contribution in [0.5, 0.6) is 0 Å². The standard InChI is InChI=1S/C23H20Cl2FN3O2/c1-29(2)21-8-7-19(28-22(30)15-9-16(24)11-17(25)10-15)12-20(21)23(31)27-13-14-3-5-18(26)6-4-14/h3-12H,13H2,1-2H3,(H,27,31)(H,28,30). The molecule has 0 bridgehead atoms. The lowest BCUT2D eigenvalue weighted by Gasteiger charge is -2.18. The van der Waals surface area contributed by atoms with Crippen molar-refractivity contribution in [1.29, 1.82) is 0 Å². The zero-order valence-corrected chi connectivity index (χ0v) is 18.4. The summed E-state index contributed by atoms with van der Waals surface area (Å²) in [5.41, 5.74) is 2.58. The molecule has 0 saturated carbocycles. The van der Waals surface area contributed by atoms with Crippen molar-refractivity contribution in [2.75, 3.05) is 24.3 Å². The Bertz CT molecular complexity index is 1100. The van der Waals surface area contributed by atoms with Gasteiger partial charge in [0.1, 0.15) is 5.82 Å². The maximum atomic E-state index is 13.1. The molecule has 0 saturated heterocycles. The van der Waals surface area contributed by atoms with E-state index < -0.39 is 5.91 Å². The number of nitrogens with one attached hydrogen (secondary N) is 2. The van der Waals surface area contributed by atoms with Crippen LogP contribution in [0.3, 0.4) is 0 Å². The van der Waals surface area contributed by atoms with E-state index in [4.69, 9.17) is 23.2 Å². The van der Waals surface area contributed by atoms with E-state index in [1.165, 1.54) is 30.3 Å². The molecule has 2 N–H and O–H groups in total. The SMILES string of the molecule is CN(C)c1ccc(NC(=O)c2cc(Cl)cc(Cl)c2)cc1C(=O)NCc1ccc(F)cc1. The molecule has 0 heterocycles. The molecule has 160 valence electrons. The lowest BCUT2D eigenvalue weighted by Crippen LogP contribution is -2.25. The second kappa shape index (κ2) is 9.81. The molecule has 3 aromatic rings. The lowest BCUT2D eigenvalue weighted by molar-refractivity contribution is 0.0950. The van der Waals surface area contributed by atoms with E-state index in [0.29, 0.717) is 32.5 Å². The molecule has 0 aliphatic heterocycles. The molecule has 0 aliphatic carbocycles. The number of amides is 2. The minimum atomic E-state index is -0.403. The smallest absolute Gasteiger partial charge is 0.255 e. The predicted octanol–water partition coefficient (Wildman–Crippen LogP) is 5.38. The van der Waals surface area contributed by atoms with E-state index in [2.05, 4.69) is 10.6 Å².